The fraction of sp³-hybridized carbons (Fsp3) is 0.500. The highest BCUT2D eigenvalue weighted by Crippen LogP contribution is 2.32. The summed E-state index contributed by atoms with van der Waals surface area (Å²) in [5.41, 5.74) is 1.39. The zero-order valence-electron chi connectivity index (χ0n) is 10.1. The first-order valence-electron chi connectivity index (χ1n) is 5.88. The van der Waals surface area contributed by atoms with E-state index in [0.717, 1.165) is 5.56 Å². The number of benzene rings is 1. The predicted octanol–water partition coefficient (Wildman–Crippen LogP) is 3.73. The van der Waals surface area contributed by atoms with Crippen LogP contribution in [0.4, 0.5) is 20.2 Å². The molecule has 7 heteroatoms. The molecule has 1 heterocycles. The molecule has 1 fully saturated rings. The van der Waals surface area contributed by atoms with Gasteiger partial charge >= 0.3 is 0 Å². The first kappa shape index (κ1) is 14.2. The van der Waals surface area contributed by atoms with Crippen molar-refractivity contribution in [1.82, 2.24) is 0 Å². The molecule has 1 aromatic rings. The lowest BCUT2D eigenvalue weighted by Crippen LogP contribution is -2.39. The molecule has 0 N–H and O–H groups in total. The lowest BCUT2D eigenvalue weighted by molar-refractivity contribution is -0.384. The standard InChI is InChI=1S/C12H13BrF2N2O2/c13-8-9-5-10(7-11(6-9)17(18)19)16-3-1-12(14,15)2-4-16/h5-7H,1-4,8H2. The molecule has 104 valence electrons. The highest BCUT2D eigenvalue weighted by atomic mass is 79.9. The predicted molar refractivity (Wildman–Crippen MR) is 72.1 cm³/mol. The minimum absolute atomic E-state index is 0.00992. The second-order valence-electron chi connectivity index (χ2n) is 4.59. The van der Waals surface area contributed by atoms with Gasteiger partial charge in [-0.25, -0.2) is 8.78 Å². The van der Waals surface area contributed by atoms with E-state index in [1.165, 1.54) is 12.1 Å². The largest absolute Gasteiger partial charge is 0.371 e. The van der Waals surface area contributed by atoms with E-state index >= 15 is 0 Å². The van der Waals surface area contributed by atoms with Crippen molar-refractivity contribution in [3.8, 4) is 0 Å². The van der Waals surface area contributed by atoms with Crippen LogP contribution in [0.25, 0.3) is 0 Å². The molecule has 1 aliphatic rings. The van der Waals surface area contributed by atoms with Gasteiger partial charge in [-0.15, -0.1) is 0 Å². The Morgan fingerprint density at radius 1 is 1.32 bits per heavy atom. The number of non-ortho nitro benzene ring substituents is 1. The van der Waals surface area contributed by atoms with Crippen LogP contribution in [0.3, 0.4) is 0 Å². The van der Waals surface area contributed by atoms with E-state index in [0.29, 0.717) is 11.0 Å². The monoisotopic (exact) mass is 334 g/mol. The quantitative estimate of drug-likeness (QED) is 0.480. The summed E-state index contributed by atoms with van der Waals surface area (Å²) in [5, 5.41) is 11.4. The maximum absolute atomic E-state index is 13.1. The summed E-state index contributed by atoms with van der Waals surface area (Å²) in [7, 11) is 0. The maximum Gasteiger partial charge on any atom is 0.271 e. The Morgan fingerprint density at radius 3 is 2.47 bits per heavy atom. The number of piperidine rings is 1. The van der Waals surface area contributed by atoms with Crippen LogP contribution in [0.15, 0.2) is 18.2 Å². The van der Waals surface area contributed by atoms with Crippen LogP contribution in [-0.4, -0.2) is 23.9 Å². The third-order valence-electron chi connectivity index (χ3n) is 3.19. The van der Waals surface area contributed by atoms with E-state index in [2.05, 4.69) is 15.9 Å². The van der Waals surface area contributed by atoms with Gasteiger partial charge in [-0.1, -0.05) is 15.9 Å². The van der Waals surface area contributed by atoms with Gasteiger partial charge in [-0.05, 0) is 11.6 Å². The molecule has 0 atom stereocenters. The molecule has 0 aromatic heterocycles. The summed E-state index contributed by atoms with van der Waals surface area (Å²) in [5.74, 6) is -2.62. The number of hydrogen-bond acceptors (Lipinski definition) is 3. The average Bonchev–Trinajstić information content (AvgIpc) is 2.38. The average molecular weight is 335 g/mol. The van der Waals surface area contributed by atoms with Gasteiger partial charge in [-0.3, -0.25) is 10.1 Å². The maximum atomic E-state index is 13.1. The van der Waals surface area contributed by atoms with Gasteiger partial charge in [0.25, 0.3) is 11.6 Å². The van der Waals surface area contributed by atoms with Crippen molar-refractivity contribution in [3.63, 3.8) is 0 Å². The van der Waals surface area contributed by atoms with Crippen LogP contribution in [0.2, 0.25) is 0 Å². The van der Waals surface area contributed by atoms with Crippen molar-refractivity contribution in [1.29, 1.82) is 0 Å². The first-order chi connectivity index (χ1) is 8.91. The van der Waals surface area contributed by atoms with Gasteiger partial charge < -0.3 is 4.90 Å². The van der Waals surface area contributed by atoms with Crippen LogP contribution in [0, 0.1) is 10.1 Å². The van der Waals surface area contributed by atoms with Crippen molar-refractivity contribution in [2.45, 2.75) is 24.1 Å². The third-order valence-corrected chi connectivity index (χ3v) is 3.84. The Balaban J connectivity index is 2.24. The molecule has 0 radical (unpaired) electrons. The van der Waals surface area contributed by atoms with Crippen LogP contribution < -0.4 is 4.90 Å². The Hall–Kier alpha value is -1.24. The summed E-state index contributed by atoms with van der Waals surface area (Å²) in [6, 6.07) is 4.72. The number of halogens is 3. The number of hydrogen-bond donors (Lipinski definition) is 0. The van der Waals surface area contributed by atoms with E-state index in [4.69, 9.17) is 0 Å². The molecule has 0 amide bonds. The summed E-state index contributed by atoms with van der Waals surface area (Å²) in [6.45, 7) is 0.436. The second kappa shape index (κ2) is 5.40. The molecule has 1 aliphatic heterocycles. The fourth-order valence-corrected chi connectivity index (χ4v) is 2.44. The highest BCUT2D eigenvalue weighted by molar-refractivity contribution is 9.08. The van der Waals surface area contributed by atoms with Crippen molar-refractivity contribution in [2.75, 3.05) is 18.0 Å². The minimum atomic E-state index is -2.62. The van der Waals surface area contributed by atoms with Crippen molar-refractivity contribution in [3.05, 3.63) is 33.9 Å². The van der Waals surface area contributed by atoms with Gasteiger partial charge in [-0.2, -0.15) is 0 Å². The Labute approximate surface area is 117 Å². The molecule has 4 nitrogen and oxygen atoms in total. The van der Waals surface area contributed by atoms with Crippen LogP contribution in [-0.2, 0) is 5.33 Å². The molecule has 0 aliphatic carbocycles. The zero-order chi connectivity index (χ0) is 14.0. The second-order valence-corrected chi connectivity index (χ2v) is 5.15. The SMILES string of the molecule is O=[N+]([O-])c1cc(CBr)cc(N2CCC(F)(F)CC2)c1. The molecule has 0 saturated carbocycles. The normalized spacial score (nSPS) is 18.4. The van der Waals surface area contributed by atoms with E-state index in [-0.39, 0.29) is 31.6 Å². The van der Waals surface area contributed by atoms with Gasteiger partial charge in [0.2, 0.25) is 0 Å². The molecule has 2 rings (SSSR count). The molecular weight excluding hydrogens is 322 g/mol. The van der Waals surface area contributed by atoms with E-state index in [1.807, 2.05) is 0 Å². The number of rotatable bonds is 3. The molecule has 19 heavy (non-hydrogen) atoms. The van der Waals surface area contributed by atoms with Gasteiger partial charge in [0.1, 0.15) is 0 Å². The molecular formula is C12H13BrF2N2O2. The number of alkyl halides is 3. The summed E-state index contributed by atoms with van der Waals surface area (Å²) >= 11 is 3.26. The lowest BCUT2D eigenvalue weighted by atomic mass is 10.1. The smallest absolute Gasteiger partial charge is 0.271 e. The molecule has 1 saturated heterocycles. The van der Waals surface area contributed by atoms with Crippen LogP contribution >= 0.6 is 15.9 Å². The van der Waals surface area contributed by atoms with E-state index < -0.39 is 10.8 Å². The van der Waals surface area contributed by atoms with Crippen LogP contribution in [0.1, 0.15) is 18.4 Å². The Kier molecular flexibility index (Phi) is 4.03. The summed E-state index contributed by atoms with van der Waals surface area (Å²) in [4.78, 5) is 12.2. The fourth-order valence-electron chi connectivity index (χ4n) is 2.11. The minimum Gasteiger partial charge on any atom is -0.371 e. The first-order valence-corrected chi connectivity index (χ1v) is 7.00. The van der Waals surface area contributed by atoms with Gasteiger partial charge in [0.15, 0.2) is 0 Å². The van der Waals surface area contributed by atoms with Crippen LogP contribution in [0.5, 0.6) is 0 Å². The van der Waals surface area contributed by atoms with Gasteiger partial charge in [0.05, 0.1) is 4.92 Å². The zero-order valence-corrected chi connectivity index (χ0v) is 11.7. The van der Waals surface area contributed by atoms with Crippen molar-refractivity contribution < 1.29 is 13.7 Å². The topological polar surface area (TPSA) is 46.4 Å². The lowest BCUT2D eigenvalue weighted by Gasteiger charge is -2.33. The Morgan fingerprint density at radius 2 is 1.95 bits per heavy atom. The van der Waals surface area contributed by atoms with Crippen molar-refractivity contribution >= 4 is 27.3 Å². The number of anilines is 1. The summed E-state index contributed by atoms with van der Waals surface area (Å²) in [6.07, 6.45) is -0.418. The summed E-state index contributed by atoms with van der Waals surface area (Å²) < 4.78 is 26.2. The highest BCUT2D eigenvalue weighted by Gasteiger charge is 2.34. The number of nitro groups is 1. The molecule has 1 aromatic carbocycles. The van der Waals surface area contributed by atoms with E-state index in [9.17, 15) is 18.9 Å². The Bertz CT molecular complexity index is 487. The number of nitro benzene ring substituents is 1. The molecule has 0 spiro atoms. The molecule has 0 unspecified atom stereocenters. The number of nitrogens with zero attached hydrogens (tertiary/aromatic N) is 2. The van der Waals surface area contributed by atoms with E-state index in [1.54, 1.807) is 11.0 Å². The van der Waals surface area contributed by atoms with Gasteiger partial charge in [0, 0.05) is 49.1 Å². The van der Waals surface area contributed by atoms with Crippen molar-refractivity contribution in [2.24, 2.45) is 0 Å². The third kappa shape index (κ3) is 3.40. The molecule has 0 bridgehead atoms.